The van der Waals surface area contributed by atoms with Gasteiger partial charge < -0.3 is 10.3 Å². The lowest BCUT2D eigenvalue weighted by atomic mass is 10.2. The smallest absolute Gasteiger partial charge is 0.265 e. The van der Waals surface area contributed by atoms with E-state index in [1.54, 1.807) is 19.1 Å². The Morgan fingerprint density at radius 1 is 1.37 bits per heavy atom. The monoisotopic (exact) mass is 388 g/mol. The predicted octanol–water partition coefficient (Wildman–Crippen LogP) is 3.45. The predicted molar refractivity (Wildman–Crippen MR) is 80.8 cm³/mol. The van der Waals surface area contributed by atoms with Gasteiger partial charge in [-0.1, -0.05) is 15.9 Å². The highest BCUT2D eigenvalue weighted by molar-refractivity contribution is 9.10. The van der Waals surface area contributed by atoms with Crippen LogP contribution in [0.5, 0.6) is 0 Å². The number of hydrogen-bond donors (Lipinski definition) is 1. The summed E-state index contributed by atoms with van der Waals surface area (Å²) < 4.78 is 16.2. The van der Waals surface area contributed by atoms with Crippen LogP contribution in [0.15, 0.2) is 38.1 Å². The lowest BCUT2D eigenvalue weighted by molar-refractivity contribution is 0.595. The molecule has 1 aromatic heterocycles. The molecule has 100 valence electrons. The van der Waals surface area contributed by atoms with Crippen LogP contribution < -0.4 is 11.3 Å². The molecule has 0 saturated carbocycles. The van der Waals surface area contributed by atoms with Crippen LogP contribution in [-0.2, 0) is 6.54 Å². The molecule has 3 nitrogen and oxygen atoms in total. The molecule has 1 heterocycles. The van der Waals surface area contributed by atoms with Gasteiger partial charge in [-0.2, -0.15) is 0 Å². The number of pyridine rings is 1. The summed E-state index contributed by atoms with van der Waals surface area (Å²) in [5.41, 5.74) is 7.19. The molecule has 0 bridgehead atoms. The summed E-state index contributed by atoms with van der Waals surface area (Å²) in [7, 11) is 0. The van der Waals surface area contributed by atoms with Gasteiger partial charge in [0.2, 0.25) is 0 Å². The van der Waals surface area contributed by atoms with E-state index in [-0.39, 0.29) is 17.9 Å². The van der Waals surface area contributed by atoms with Crippen LogP contribution in [0.25, 0.3) is 0 Å². The Morgan fingerprint density at radius 2 is 2.05 bits per heavy atom. The van der Waals surface area contributed by atoms with E-state index in [4.69, 9.17) is 5.73 Å². The highest BCUT2D eigenvalue weighted by Crippen LogP contribution is 2.19. The van der Waals surface area contributed by atoms with Gasteiger partial charge in [0, 0.05) is 16.2 Å². The quantitative estimate of drug-likeness (QED) is 0.854. The Hall–Kier alpha value is -1.14. The standard InChI is InChI=1S/C13H11Br2FN2O/c1-7-11(17)6-18(13(19)12(7)15)5-8-4-9(14)2-3-10(8)16/h2-4,6H,5,17H2,1H3. The van der Waals surface area contributed by atoms with Crippen molar-refractivity contribution < 1.29 is 4.39 Å². The van der Waals surface area contributed by atoms with Gasteiger partial charge in [-0.15, -0.1) is 0 Å². The summed E-state index contributed by atoms with van der Waals surface area (Å²) in [5, 5.41) is 0. The van der Waals surface area contributed by atoms with Gasteiger partial charge in [-0.05, 0) is 46.6 Å². The van der Waals surface area contributed by atoms with Crippen molar-refractivity contribution in [1.82, 2.24) is 4.57 Å². The van der Waals surface area contributed by atoms with Crippen LogP contribution in [0.1, 0.15) is 11.1 Å². The molecular weight excluding hydrogens is 379 g/mol. The van der Waals surface area contributed by atoms with E-state index in [0.29, 0.717) is 21.3 Å². The summed E-state index contributed by atoms with van der Waals surface area (Å²) in [6.07, 6.45) is 1.53. The van der Waals surface area contributed by atoms with E-state index < -0.39 is 0 Å². The molecule has 2 aromatic rings. The Balaban J connectivity index is 2.50. The number of nitrogen functional groups attached to an aromatic ring is 1. The number of anilines is 1. The van der Waals surface area contributed by atoms with E-state index in [0.717, 1.165) is 4.47 Å². The van der Waals surface area contributed by atoms with Crippen LogP contribution in [-0.4, -0.2) is 4.57 Å². The summed E-state index contributed by atoms with van der Waals surface area (Å²) in [5.74, 6) is -0.356. The number of rotatable bonds is 2. The third kappa shape index (κ3) is 2.90. The van der Waals surface area contributed by atoms with Gasteiger partial charge in [0.25, 0.3) is 5.56 Å². The summed E-state index contributed by atoms with van der Waals surface area (Å²) in [6.45, 7) is 1.89. The summed E-state index contributed by atoms with van der Waals surface area (Å²) >= 11 is 6.49. The van der Waals surface area contributed by atoms with Crippen molar-refractivity contribution in [3.8, 4) is 0 Å². The van der Waals surface area contributed by atoms with Gasteiger partial charge >= 0.3 is 0 Å². The zero-order chi connectivity index (χ0) is 14.2. The van der Waals surface area contributed by atoms with Gasteiger partial charge in [-0.3, -0.25) is 4.79 Å². The van der Waals surface area contributed by atoms with Crippen molar-refractivity contribution in [2.75, 3.05) is 5.73 Å². The maximum Gasteiger partial charge on any atom is 0.265 e. The van der Waals surface area contributed by atoms with Crippen LogP contribution in [0.2, 0.25) is 0 Å². The molecule has 6 heteroatoms. The molecule has 0 unspecified atom stereocenters. The second kappa shape index (κ2) is 5.46. The first-order valence-corrected chi connectivity index (χ1v) is 7.07. The fourth-order valence-electron chi connectivity index (χ4n) is 1.70. The highest BCUT2D eigenvalue weighted by Gasteiger charge is 2.10. The van der Waals surface area contributed by atoms with E-state index >= 15 is 0 Å². The van der Waals surface area contributed by atoms with Crippen molar-refractivity contribution in [2.24, 2.45) is 0 Å². The fourth-order valence-corrected chi connectivity index (χ4v) is 2.57. The average molecular weight is 390 g/mol. The molecule has 0 aliphatic carbocycles. The zero-order valence-corrected chi connectivity index (χ0v) is 13.3. The van der Waals surface area contributed by atoms with Gasteiger partial charge in [0.15, 0.2) is 0 Å². The van der Waals surface area contributed by atoms with Crippen molar-refractivity contribution in [2.45, 2.75) is 13.5 Å². The maximum atomic E-state index is 13.7. The number of nitrogens with zero attached hydrogens (tertiary/aromatic N) is 1. The van der Waals surface area contributed by atoms with Crippen molar-refractivity contribution in [3.05, 3.63) is 60.6 Å². The summed E-state index contributed by atoms with van der Waals surface area (Å²) in [4.78, 5) is 12.1. The van der Waals surface area contributed by atoms with E-state index in [1.807, 2.05) is 0 Å². The van der Waals surface area contributed by atoms with Crippen LogP contribution in [0, 0.1) is 12.7 Å². The minimum Gasteiger partial charge on any atom is -0.397 e. The highest BCUT2D eigenvalue weighted by atomic mass is 79.9. The Bertz CT molecular complexity index is 698. The molecule has 2 N–H and O–H groups in total. The third-order valence-electron chi connectivity index (χ3n) is 2.85. The van der Waals surface area contributed by atoms with E-state index in [9.17, 15) is 9.18 Å². The lowest BCUT2D eigenvalue weighted by Gasteiger charge is -2.11. The molecule has 0 aliphatic heterocycles. The molecule has 1 aromatic carbocycles. The molecule has 2 rings (SSSR count). The average Bonchev–Trinajstić information content (AvgIpc) is 2.37. The minimum atomic E-state index is -0.356. The van der Waals surface area contributed by atoms with Gasteiger partial charge in [0.1, 0.15) is 5.82 Å². The Morgan fingerprint density at radius 3 is 2.74 bits per heavy atom. The number of halogens is 3. The third-order valence-corrected chi connectivity index (χ3v) is 4.28. The van der Waals surface area contributed by atoms with Crippen LogP contribution in [0.3, 0.4) is 0 Å². The van der Waals surface area contributed by atoms with Crippen molar-refractivity contribution >= 4 is 37.5 Å². The Labute approximate surface area is 126 Å². The fraction of sp³-hybridized carbons (Fsp3) is 0.154. The Kier molecular flexibility index (Phi) is 4.10. The first-order chi connectivity index (χ1) is 8.90. The molecule has 0 amide bonds. The topological polar surface area (TPSA) is 48.0 Å². The number of nitrogens with two attached hydrogens (primary N) is 1. The first kappa shape index (κ1) is 14.3. The molecule has 19 heavy (non-hydrogen) atoms. The first-order valence-electron chi connectivity index (χ1n) is 5.49. The zero-order valence-electron chi connectivity index (χ0n) is 10.1. The minimum absolute atomic E-state index is 0.132. The maximum absolute atomic E-state index is 13.7. The molecule has 0 spiro atoms. The van der Waals surface area contributed by atoms with E-state index in [2.05, 4.69) is 31.9 Å². The second-order valence-corrected chi connectivity index (χ2v) is 5.90. The largest absolute Gasteiger partial charge is 0.397 e. The van der Waals surface area contributed by atoms with Gasteiger partial charge in [-0.25, -0.2) is 4.39 Å². The van der Waals surface area contributed by atoms with Crippen molar-refractivity contribution in [3.63, 3.8) is 0 Å². The lowest BCUT2D eigenvalue weighted by Crippen LogP contribution is -2.23. The summed E-state index contributed by atoms with van der Waals surface area (Å²) in [6, 6.07) is 4.61. The molecule has 0 radical (unpaired) electrons. The van der Waals surface area contributed by atoms with Crippen LogP contribution >= 0.6 is 31.9 Å². The van der Waals surface area contributed by atoms with E-state index in [1.165, 1.54) is 16.8 Å². The number of hydrogen-bond acceptors (Lipinski definition) is 2. The second-order valence-electron chi connectivity index (χ2n) is 4.19. The molecule has 0 atom stereocenters. The molecule has 0 fully saturated rings. The molecule has 0 aliphatic rings. The molecular formula is C13H11Br2FN2O. The number of aromatic nitrogens is 1. The van der Waals surface area contributed by atoms with Crippen molar-refractivity contribution in [1.29, 1.82) is 0 Å². The van der Waals surface area contributed by atoms with Gasteiger partial charge in [0.05, 0.1) is 16.7 Å². The normalized spacial score (nSPS) is 10.7. The number of benzene rings is 1. The molecule has 0 saturated heterocycles. The SMILES string of the molecule is Cc1c(N)cn(Cc2cc(Br)ccc2F)c(=O)c1Br. The van der Waals surface area contributed by atoms with Crippen LogP contribution in [0.4, 0.5) is 10.1 Å².